The number of aliphatic hydroxyl groups is 1. The average molecular weight is 1070 g/mol. The van der Waals surface area contributed by atoms with Gasteiger partial charge in [-0.05, 0) is 47.7 Å². The maximum atomic E-state index is 13.4. The summed E-state index contributed by atoms with van der Waals surface area (Å²) in [5.74, 6) is -0.496. The topological polar surface area (TPSA) is 325 Å². The Hall–Kier alpha value is -3.93. The van der Waals surface area contributed by atoms with E-state index in [4.69, 9.17) is 60.6 Å². The summed E-state index contributed by atoms with van der Waals surface area (Å²) in [6, 6.07) is 2.08. The van der Waals surface area contributed by atoms with Gasteiger partial charge in [0.1, 0.15) is 24.4 Å². The number of rotatable bonds is 15. The van der Waals surface area contributed by atoms with Crippen LogP contribution in [0.2, 0.25) is 18.1 Å². The van der Waals surface area contributed by atoms with Gasteiger partial charge in [-0.2, -0.15) is 20.5 Å². The summed E-state index contributed by atoms with van der Waals surface area (Å²) >= 11 is 12.4. The molecule has 7 heterocycles. The molecule has 3 unspecified atom stereocenters. The van der Waals surface area contributed by atoms with E-state index in [9.17, 15) is 30.0 Å². The molecule has 70 heavy (non-hydrogen) atoms. The summed E-state index contributed by atoms with van der Waals surface area (Å²) in [5, 5.41) is 43.4. The van der Waals surface area contributed by atoms with Gasteiger partial charge in [0.05, 0.1) is 76.1 Å². The van der Waals surface area contributed by atoms with Crippen LogP contribution in [0.4, 0.5) is 11.9 Å². The molecule has 4 aromatic rings. The van der Waals surface area contributed by atoms with Crippen LogP contribution in [0.5, 0.6) is 0 Å². The van der Waals surface area contributed by atoms with E-state index in [1.54, 1.807) is 18.4 Å². The number of imidazole rings is 2. The van der Waals surface area contributed by atoms with Gasteiger partial charge in [0.2, 0.25) is 17.8 Å². The van der Waals surface area contributed by atoms with Gasteiger partial charge < -0.3 is 42.4 Å². The molecule has 0 spiro atoms. The standard InChI is InChI=1S/C40H60N14O11P2S2Si/c1-21(2)16-43-38-46-31-27(34(57)49-38)45-20-54(31)37-30(65-70(8,9)40(5,6)7)26-24(64-37)18-62-66(68,59-14-10-12-41)51-25-23(17-61-67(69,52-26)60-15-11-13-42)63-36(29(25)55)53-19-44-28-32(53)47-39(50-35(28)58)48-33(56)22(3)4/h19-26,29-30,36-37,55H,10-11,14-18H2,1-9H3,(H,51,68)(H,52,69)(H2,43,46,49,57)(H2,47,48,50,56,58)/t23-,24-,25-,26-,29-,30?,36-,37-,66?,67?/m1/s1. The van der Waals surface area contributed by atoms with E-state index in [1.807, 2.05) is 19.9 Å². The second-order valence-electron chi connectivity index (χ2n) is 19.2. The number of hydrogen-bond donors (Lipinski definition) is 7. The monoisotopic (exact) mass is 1070 g/mol. The second kappa shape index (κ2) is 21.7. The molecule has 10 atom stereocenters. The van der Waals surface area contributed by atoms with Crippen molar-refractivity contribution in [2.45, 2.75) is 128 Å². The maximum Gasteiger partial charge on any atom is 0.280 e. The lowest BCUT2D eigenvalue weighted by atomic mass is 10.1. The molecule has 0 radical (unpaired) electrons. The zero-order valence-electron chi connectivity index (χ0n) is 40.2. The van der Waals surface area contributed by atoms with Crippen LogP contribution >= 0.6 is 13.3 Å². The molecular formula is C40H60N14O11P2S2Si. The van der Waals surface area contributed by atoms with Crippen LogP contribution in [0.3, 0.4) is 0 Å². The van der Waals surface area contributed by atoms with Gasteiger partial charge in [0.15, 0.2) is 43.1 Å². The summed E-state index contributed by atoms with van der Waals surface area (Å²) in [5.41, 5.74) is -0.960. The fourth-order valence-corrected chi connectivity index (χ4v) is 13.5. The number of fused-ring (bicyclic) bond motifs is 4. The van der Waals surface area contributed by atoms with Crippen LogP contribution in [0.15, 0.2) is 22.2 Å². The minimum absolute atomic E-state index is 0.0153. The van der Waals surface area contributed by atoms with Gasteiger partial charge in [-0.15, -0.1) is 0 Å². The fourth-order valence-electron chi connectivity index (χ4n) is 7.46. The van der Waals surface area contributed by atoms with Crippen molar-refractivity contribution in [3.05, 3.63) is 33.4 Å². The van der Waals surface area contributed by atoms with Gasteiger partial charge in [0.25, 0.3) is 24.4 Å². The van der Waals surface area contributed by atoms with Crippen LogP contribution in [0.1, 0.15) is 73.8 Å². The number of aromatic amines is 2. The first-order chi connectivity index (χ1) is 33.0. The minimum Gasteiger partial charge on any atom is -0.408 e. The lowest BCUT2D eigenvalue weighted by Crippen LogP contribution is -2.53. The molecule has 0 saturated carbocycles. The fraction of sp³-hybridized carbons (Fsp3) is 0.675. The number of amides is 1. The predicted octanol–water partition coefficient (Wildman–Crippen LogP) is 3.73. The van der Waals surface area contributed by atoms with Crippen molar-refractivity contribution < 1.29 is 41.9 Å². The summed E-state index contributed by atoms with van der Waals surface area (Å²) < 4.78 is 49.4. The van der Waals surface area contributed by atoms with Crippen LogP contribution in [-0.2, 0) is 60.4 Å². The zero-order chi connectivity index (χ0) is 50.9. The number of hydrogen-bond acceptors (Lipinski definition) is 20. The highest BCUT2D eigenvalue weighted by Gasteiger charge is 2.55. The highest BCUT2D eigenvalue weighted by Crippen LogP contribution is 2.53. The first-order valence-electron chi connectivity index (χ1n) is 22.7. The Morgan fingerprint density at radius 1 is 0.886 bits per heavy atom. The number of nitriles is 2. The third-order valence-corrected chi connectivity index (χ3v) is 21.8. The largest absolute Gasteiger partial charge is 0.408 e. The molecule has 3 aliphatic heterocycles. The third kappa shape index (κ3) is 11.8. The first-order valence-corrected chi connectivity index (χ1v) is 30.9. The molecule has 0 aliphatic carbocycles. The molecule has 7 N–H and O–H groups in total. The van der Waals surface area contributed by atoms with E-state index in [0.717, 1.165) is 0 Å². The molecule has 4 aromatic heterocycles. The van der Waals surface area contributed by atoms with Crippen molar-refractivity contribution in [1.82, 2.24) is 49.2 Å². The lowest BCUT2D eigenvalue weighted by molar-refractivity contribution is -0.118. The Bertz CT molecular complexity index is 2860. The molecule has 382 valence electrons. The Morgan fingerprint density at radius 2 is 1.39 bits per heavy atom. The van der Waals surface area contributed by atoms with Crippen molar-refractivity contribution >= 4 is 85.3 Å². The smallest absolute Gasteiger partial charge is 0.280 e. The molecule has 0 aromatic carbocycles. The molecule has 3 fully saturated rings. The van der Waals surface area contributed by atoms with Crippen LogP contribution in [0.25, 0.3) is 22.3 Å². The van der Waals surface area contributed by atoms with Crippen LogP contribution < -0.4 is 31.9 Å². The SMILES string of the molecule is CC(C)CNc1nc2c(ncn2[C@@H]2O[C@@H]3COP(=S)(OCCC#N)N[C@H]4[C@@H](O)[C@H](n5cnc6c(=O)[nH]c(NC(=O)C(C)C)nc65)O[C@@H]4COP(=S)(OCCC#N)N[C@H]3C2O[Si](C)(C)C(C)(C)C)c(=O)[nH]1. The van der Waals surface area contributed by atoms with Crippen molar-refractivity contribution in [2.24, 2.45) is 11.8 Å². The molecule has 3 saturated heterocycles. The number of aromatic nitrogens is 8. The molecule has 0 bridgehead atoms. The molecule has 7 rings (SSSR count). The molecule has 30 heteroatoms. The number of ether oxygens (including phenoxy) is 2. The minimum atomic E-state index is -3.75. The van der Waals surface area contributed by atoms with E-state index in [2.05, 4.69) is 85.7 Å². The van der Waals surface area contributed by atoms with Crippen LogP contribution in [-0.4, -0.2) is 128 Å². The van der Waals surface area contributed by atoms with Crippen molar-refractivity contribution in [3.8, 4) is 12.1 Å². The van der Waals surface area contributed by atoms with E-state index in [-0.39, 0.29) is 84.4 Å². The van der Waals surface area contributed by atoms with Gasteiger partial charge in [-0.3, -0.25) is 38.8 Å². The van der Waals surface area contributed by atoms with E-state index in [1.165, 1.54) is 17.2 Å². The van der Waals surface area contributed by atoms with Crippen molar-refractivity contribution in [3.63, 3.8) is 0 Å². The summed E-state index contributed by atoms with van der Waals surface area (Å²) in [6.45, 7) is 9.94. The number of anilines is 2. The molecular weight excluding hydrogens is 1010 g/mol. The summed E-state index contributed by atoms with van der Waals surface area (Å²) in [4.78, 5) is 62.4. The number of carbonyl (C=O) groups excluding carboxylic acids is 1. The number of carbonyl (C=O) groups is 1. The van der Waals surface area contributed by atoms with Gasteiger partial charge in [-0.25, -0.2) is 20.1 Å². The van der Waals surface area contributed by atoms with Crippen molar-refractivity contribution in [2.75, 3.05) is 43.6 Å². The lowest BCUT2D eigenvalue weighted by Gasteiger charge is -2.41. The highest BCUT2D eigenvalue weighted by molar-refractivity contribution is 8.09. The van der Waals surface area contributed by atoms with Crippen LogP contribution in [0, 0.1) is 34.5 Å². The summed E-state index contributed by atoms with van der Waals surface area (Å²) in [7, 11) is -2.74. The zero-order valence-corrected chi connectivity index (χ0v) is 44.6. The highest BCUT2D eigenvalue weighted by atomic mass is 32.5. The number of H-pyrrole nitrogens is 2. The molecule has 3 aliphatic rings. The van der Waals surface area contributed by atoms with Crippen molar-refractivity contribution in [1.29, 1.82) is 10.5 Å². The Morgan fingerprint density at radius 3 is 1.91 bits per heavy atom. The second-order valence-corrected chi connectivity index (χ2v) is 30.4. The van der Waals surface area contributed by atoms with E-state index < -0.39 is 93.5 Å². The average Bonchev–Trinajstić information content (AvgIpc) is 4.05. The first kappa shape index (κ1) is 53.9. The van der Waals surface area contributed by atoms with E-state index in [0.29, 0.717) is 6.54 Å². The number of aliphatic hydroxyl groups excluding tert-OH is 1. The van der Waals surface area contributed by atoms with Gasteiger partial charge in [-0.1, -0.05) is 48.5 Å². The van der Waals surface area contributed by atoms with Gasteiger partial charge >= 0.3 is 0 Å². The molecule has 25 nitrogen and oxygen atoms in total. The normalized spacial score (nSPS) is 28.8. The number of nitrogens with zero attached hydrogens (tertiary/aromatic N) is 8. The van der Waals surface area contributed by atoms with Gasteiger partial charge in [0, 0.05) is 12.5 Å². The summed E-state index contributed by atoms with van der Waals surface area (Å²) in [6.07, 6.45) is -4.17. The predicted molar refractivity (Wildman–Crippen MR) is 266 cm³/mol. The maximum absolute atomic E-state index is 13.4. The number of nitrogens with one attached hydrogen (secondary N) is 6. The third-order valence-electron chi connectivity index (χ3n) is 12.2. The van der Waals surface area contributed by atoms with E-state index >= 15 is 0 Å². The Labute approximate surface area is 414 Å². The Balaban J connectivity index is 1.31. The Kier molecular flexibility index (Phi) is 16.7. The molecule has 1 amide bonds. The quantitative estimate of drug-likeness (QED) is 0.0506.